The molecular formula is C20H26N2O2. The van der Waals surface area contributed by atoms with Crippen LogP contribution in [0, 0.1) is 5.92 Å². The van der Waals surface area contributed by atoms with Gasteiger partial charge in [-0.1, -0.05) is 30.3 Å². The minimum Gasteiger partial charge on any atom is -0.508 e. The molecule has 24 heavy (non-hydrogen) atoms. The van der Waals surface area contributed by atoms with Crippen LogP contribution < -0.4 is 5.32 Å². The lowest BCUT2D eigenvalue weighted by Gasteiger charge is -2.41. The molecule has 2 aromatic rings. The average molecular weight is 326 g/mol. The molecule has 2 heterocycles. The molecule has 1 atom stereocenters. The second-order valence-corrected chi connectivity index (χ2v) is 6.90. The van der Waals surface area contributed by atoms with Crippen molar-refractivity contribution in [3.63, 3.8) is 0 Å². The summed E-state index contributed by atoms with van der Waals surface area (Å²) in [5, 5.41) is 16.6. The molecule has 128 valence electrons. The van der Waals surface area contributed by atoms with Gasteiger partial charge >= 0.3 is 0 Å². The van der Waals surface area contributed by atoms with Crippen LogP contribution in [-0.2, 0) is 4.74 Å². The van der Waals surface area contributed by atoms with Gasteiger partial charge in [0, 0.05) is 51.0 Å². The molecule has 2 aliphatic heterocycles. The van der Waals surface area contributed by atoms with Gasteiger partial charge in [-0.2, -0.15) is 0 Å². The van der Waals surface area contributed by atoms with Gasteiger partial charge in [0.05, 0.1) is 0 Å². The van der Waals surface area contributed by atoms with Gasteiger partial charge in [-0.15, -0.1) is 0 Å². The highest BCUT2D eigenvalue weighted by Crippen LogP contribution is 2.42. The third kappa shape index (κ3) is 3.02. The summed E-state index contributed by atoms with van der Waals surface area (Å²) in [7, 11) is 0. The number of ether oxygens (including phenoxy) is 1. The normalized spacial score (nSPS) is 21.8. The molecular weight excluding hydrogens is 300 g/mol. The predicted octanol–water partition coefficient (Wildman–Crippen LogP) is 2.92. The predicted molar refractivity (Wildman–Crippen MR) is 96.3 cm³/mol. The molecule has 0 saturated carbocycles. The van der Waals surface area contributed by atoms with Crippen LogP contribution in [0.15, 0.2) is 36.4 Å². The maximum Gasteiger partial charge on any atom is 0.121 e. The maximum atomic E-state index is 10.8. The molecule has 2 aliphatic rings. The SMILES string of the molecule is Oc1ccc2ccccc2c1[C@@H](C1CCOCC1)N1CCNCC1. The number of phenols is 1. The number of benzene rings is 2. The summed E-state index contributed by atoms with van der Waals surface area (Å²) in [6.07, 6.45) is 2.13. The second-order valence-electron chi connectivity index (χ2n) is 6.90. The summed E-state index contributed by atoms with van der Waals surface area (Å²) >= 11 is 0. The number of fused-ring (bicyclic) bond motifs is 1. The summed E-state index contributed by atoms with van der Waals surface area (Å²) in [4.78, 5) is 2.56. The van der Waals surface area contributed by atoms with Crippen molar-refractivity contribution in [3.8, 4) is 5.75 Å². The van der Waals surface area contributed by atoms with Crippen LogP contribution >= 0.6 is 0 Å². The third-order valence-electron chi connectivity index (χ3n) is 5.50. The lowest BCUT2D eigenvalue weighted by atomic mass is 9.83. The van der Waals surface area contributed by atoms with E-state index in [2.05, 4.69) is 34.5 Å². The van der Waals surface area contributed by atoms with Crippen molar-refractivity contribution in [1.29, 1.82) is 0 Å². The van der Waals surface area contributed by atoms with Gasteiger partial charge in [0.2, 0.25) is 0 Å². The van der Waals surface area contributed by atoms with Crippen LogP contribution in [0.5, 0.6) is 5.75 Å². The first-order chi connectivity index (χ1) is 11.8. The van der Waals surface area contributed by atoms with Gasteiger partial charge in [0.1, 0.15) is 5.75 Å². The summed E-state index contributed by atoms with van der Waals surface area (Å²) < 4.78 is 5.60. The Hall–Kier alpha value is -1.62. The Morgan fingerprint density at radius 1 is 1.04 bits per heavy atom. The second kappa shape index (κ2) is 7.09. The monoisotopic (exact) mass is 326 g/mol. The van der Waals surface area contributed by atoms with Gasteiger partial charge in [0.15, 0.2) is 0 Å². The van der Waals surface area contributed by atoms with Gasteiger partial charge in [0.25, 0.3) is 0 Å². The van der Waals surface area contributed by atoms with E-state index in [1.165, 1.54) is 10.8 Å². The molecule has 4 rings (SSSR count). The molecule has 0 aromatic heterocycles. The van der Waals surface area contributed by atoms with Crippen LogP contribution in [0.2, 0.25) is 0 Å². The van der Waals surface area contributed by atoms with E-state index in [1.54, 1.807) is 0 Å². The Balaban J connectivity index is 1.81. The number of nitrogens with zero attached hydrogens (tertiary/aromatic N) is 1. The topological polar surface area (TPSA) is 44.7 Å². The van der Waals surface area contributed by atoms with E-state index in [0.717, 1.165) is 57.8 Å². The Morgan fingerprint density at radius 3 is 2.58 bits per heavy atom. The zero-order valence-corrected chi connectivity index (χ0v) is 14.1. The number of phenolic OH excluding ortho intramolecular Hbond substituents is 1. The van der Waals surface area contributed by atoms with Crippen LogP contribution in [0.1, 0.15) is 24.4 Å². The fourth-order valence-electron chi connectivity index (χ4n) is 4.30. The number of rotatable bonds is 3. The van der Waals surface area contributed by atoms with Crippen LogP contribution in [0.3, 0.4) is 0 Å². The number of nitrogens with one attached hydrogen (secondary N) is 1. The van der Waals surface area contributed by atoms with Crippen LogP contribution in [0.4, 0.5) is 0 Å². The quantitative estimate of drug-likeness (QED) is 0.910. The first-order valence-electron chi connectivity index (χ1n) is 9.08. The van der Waals surface area contributed by atoms with E-state index >= 15 is 0 Å². The van der Waals surface area contributed by atoms with Crippen molar-refractivity contribution in [2.24, 2.45) is 5.92 Å². The van der Waals surface area contributed by atoms with E-state index in [0.29, 0.717) is 11.7 Å². The number of hydrogen-bond donors (Lipinski definition) is 2. The van der Waals surface area contributed by atoms with Crippen molar-refractivity contribution in [1.82, 2.24) is 10.2 Å². The van der Waals surface area contributed by atoms with Crippen molar-refractivity contribution >= 4 is 10.8 Å². The summed E-state index contributed by atoms with van der Waals surface area (Å²) in [6, 6.07) is 12.6. The molecule has 0 amide bonds. The standard InChI is InChI=1S/C20H26N2O2/c23-18-6-5-15-3-1-2-4-17(15)19(18)20(16-7-13-24-14-8-16)22-11-9-21-10-12-22/h1-6,16,20-21,23H,7-14H2/t20-/m1/s1. The Bertz CT molecular complexity index is 673. The van der Waals surface area contributed by atoms with Crippen LogP contribution in [-0.4, -0.2) is 49.4 Å². The first kappa shape index (κ1) is 15.9. The molecule has 0 unspecified atom stereocenters. The molecule has 4 heteroatoms. The van der Waals surface area contributed by atoms with Gasteiger partial charge < -0.3 is 15.2 Å². The average Bonchev–Trinajstić information content (AvgIpc) is 2.66. The van der Waals surface area contributed by atoms with Crippen molar-refractivity contribution in [2.75, 3.05) is 39.4 Å². The summed E-state index contributed by atoms with van der Waals surface area (Å²) in [5.41, 5.74) is 1.11. The molecule has 0 radical (unpaired) electrons. The minimum absolute atomic E-state index is 0.266. The van der Waals surface area contributed by atoms with Gasteiger partial charge in [-0.25, -0.2) is 0 Å². The highest BCUT2D eigenvalue weighted by atomic mass is 16.5. The summed E-state index contributed by atoms with van der Waals surface area (Å²) in [5.74, 6) is 0.970. The zero-order chi connectivity index (χ0) is 16.4. The van der Waals surface area contributed by atoms with Crippen LogP contribution in [0.25, 0.3) is 10.8 Å². The minimum atomic E-state index is 0.266. The van der Waals surface area contributed by atoms with E-state index in [4.69, 9.17) is 4.74 Å². The fraction of sp³-hybridized carbons (Fsp3) is 0.500. The molecule has 2 saturated heterocycles. The highest BCUT2D eigenvalue weighted by Gasteiger charge is 2.33. The van der Waals surface area contributed by atoms with E-state index in [1.807, 2.05) is 12.1 Å². The van der Waals surface area contributed by atoms with Gasteiger partial charge in [-0.05, 0) is 35.6 Å². The molecule has 0 bridgehead atoms. The van der Waals surface area contributed by atoms with Crippen molar-refractivity contribution in [3.05, 3.63) is 42.0 Å². The van der Waals surface area contributed by atoms with E-state index < -0.39 is 0 Å². The lowest BCUT2D eigenvalue weighted by Crippen LogP contribution is -2.47. The molecule has 4 nitrogen and oxygen atoms in total. The van der Waals surface area contributed by atoms with Crippen molar-refractivity contribution in [2.45, 2.75) is 18.9 Å². The summed E-state index contributed by atoms with van der Waals surface area (Å²) in [6.45, 7) is 5.77. The largest absolute Gasteiger partial charge is 0.508 e. The zero-order valence-electron chi connectivity index (χ0n) is 14.1. The number of piperazine rings is 1. The maximum absolute atomic E-state index is 10.8. The smallest absolute Gasteiger partial charge is 0.121 e. The molecule has 0 spiro atoms. The first-order valence-corrected chi connectivity index (χ1v) is 9.08. The fourth-order valence-corrected chi connectivity index (χ4v) is 4.30. The molecule has 2 fully saturated rings. The van der Waals surface area contributed by atoms with E-state index in [-0.39, 0.29) is 6.04 Å². The number of hydrogen-bond acceptors (Lipinski definition) is 4. The Morgan fingerprint density at radius 2 is 1.79 bits per heavy atom. The third-order valence-corrected chi connectivity index (χ3v) is 5.50. The van der Waals surface area contributed by atoms with Crippen molar-refractivity contribution < 1.29 is 9.84 Å². The molecule has 2 N–H and O–H groups in total. The van der Waals surface area contributed by atoms with Gasteiger partial charge in [-0.3, -0.25) is 4.90 Å². The number of aromatic hydroxyl groups is 1. The molecule has 2 aromatic carbocycles. The highest BCUT2D eigenvalue weighted by molar-refractivity contribution is 5.88. The Kier molecular flexibility index (Phi) is 4.69. The lowest BCUT2D eigenvalue weighted by molar-refractivity contribution is 0.0211. The molecule has 0 aliphatic carbocycles. The Labute approximate surface area is 143 Å². The van der Waals surface area contributed by atoms with E-state index in [9.17, 15) is 5.11 Å².